The average molecular weight is 262 g/mol. The Balaban J connectivity index is 2.47. The Morgan fingerprint density at radius 3 is 2.56 bits per heavy atom. The van der Waals surface area contributed by atoms with Crippen LogP contribution < -0.4 is 10.5 Å². The van der Waals surface area contributed by atoms with Crippen molar-refractivity contribution in [3.8, 4) is 17.0 Å². The van der Waals surface area contributed by atoms with Crippen molar-refractivity contribution in [2.45, 2.75) is 26.2 Å². The summed E-state index contributed by atoms with van der Waals surface area (Å²) in [6.45, 7) is 6.42. The smallest absolute Gasteiger partial charge is 0.119 e. The molecular formula is C14H18N2OS. The maximum Gasteiger partial charge on any atom is 0.119 e. The topological polar surface area (TPSA) is 48.1 Å². The first-order chi connectivity index (χ1) is 8.41. The van der Waals surface area contributed by atoms with Gasteiger partial charge in [0.2, 0.25) is 0 Å². The highest BCUT2D eigenvalue weighted by molar-refractivity contribution is 7.16. The molecule has 0 spiro atoms. The van der Waals surface area contributed by atoms with E-state index < -0.39 is 0 Å². The van der Waals surface area contributed by atoms with Gasteiger partial charge in [0.15, 0.2) is 0 Å². The van der Waals surface area contributed by atoms with E-state index >= 15 is 0 Å². The van der Waals surface area contributed by atoms with E-state index in [-0.39, 0.29) is 5.41 Å². The Labute approximate surface area is 112 Å². The number of anilines is 1. The fraction of sp³-hybridized carbons (Fsp3) is 0.357. The maximum absolute atomic E-state index is 6.08. The number of benzene rings is 1. The molecular weight excluding hydrogens is 244 g/mol. The van der Waals surface area contributed by atoms with Gasteiger partial charge < -0.3 is 10.5 Å². The van der Waals surface area contributed by atoms with Gasteiger partial charge in [-0.1, -0.05) is 32.9 Å². The highest BCUT2D eigenvalue weighted by atomic mass is 32.1. The maximum atomic E-state index is 6.08. The number of thiazole rings is 1. The van der Waals surface area contributed by atoms with Crippen LogP contribution in [0.1, 0.15) is 25.8 Å². The third-order valence-corrected chi connectivity index (χ3v) is 3.95. The molecule has 0 aliphatic carbocycles. The summed E-state index contributed by atoms with van der Waals surface area (Å²) in [4.78, 5) is 4.66. The van der Waals surface area contributed by atoms with E-state index in [9.17, 15) is 0 Å². The van der Waals surface area contributed by atoms with Crippen molar-refractivity contribution < 1.29 is 4.74 Å². The quantitative estimate of drug-likeness (QED) is 0.897. The monoisotopic (exact) mass is 262 g/mol. The highest BCUT2D eigenvalue weighted by Gasteiger charge is 2.21. The van der Waals surface area contributed by atoms with E-state index in [0.29, 0.717) is 0 Å². The summed E-state index contributed by atoms with van der Waals surface area (Å²) in [6, 6.07) is 7.82. The van der Waals surface area contributed by atoms with Crippen LogP contribution in [0.25, 0.3) is 11.3 Å². The molecule has 2 N–H and O–H groups in total. The van der Waals surface area contributed by atoms with Crippen molar-refractivity contribution in [1.82, 2.24) is 4.98 Å². The van der Waals surface area contributed by atoms with Crippen molar-refractivity contribution in [2.75, 3.05) is 12.8 Å². The molecule has 2 aromatic rings. The molecule has 1 aromatic carbocycles. The third kappa shape index (κ3) is 2.48. The molecule has 2 rings (SSSR count). The van der Waals surface area contributed by atoms with Gasteiger partial charge in [-0.25, -0.2) is 4.98 Å². The van der Waals surface area contributed by atoms with Gasteiger partial charge in [0.25, 0.3) is 0 Å². The lowest BCUT2D eigenvalue weighted by atomic mass is 9.98. The van der Waals surface area contributed by atoms with E-state index in [1.165, 1.54) is 0 Å². The summed E-state index contributed by atoms with van der Waals surface area (Å²) < 4.78 is 5.23. The van der Waals surface area contributed by atoms with Crippen LogP contribution in [-0.4, -0.2) is 12.1 Å². The van der Waals surface area contributed by atoms with Gasteiger partial charge in [-0.05, 0) is 12.1 Å². The molecule has 18 heavy (non-hydrogen) atoms. The van der Waals surface area contributed by atoms with Crippen LogP contribution in [0, 0.1) is 0 Å². The predicted molar refractivity (Wildman–Crippen MR) is 77.2 cm³/mol. The van der Waals surface area contributed by atoms with Crippen LogP contribution >= 0.6 is 11.3 Å². The molecule has 0 amide bonds. The second-order valence-electron chi connectivity index (χ2n) is 5.21. The molecule has 0 unspecified atom stereocenters. The van der Waals surface area contributed by atoms with E-state index in [0.717, 1.165) is 27.0 Å². The molecule has 0 aliphatic rings. The average Bonchev–Trinajstić information content (AvgIpc) is 2.71. The number of nitrogens with zero attached hydrogens (tertiary/aromatic N) is 1. The van der Waals surface area contributed by atoms with E-state index in [1.54, 1.807) is 18.4 Å². The van der Waals surface area contributed by atoms with Gasteiger partial charge in [0.1, 0.15) is 21.5 Å². The van der Waals surface area contributed by atoms with Gasteiger partial charge >= 0.3 is 0 Å². The molecule has 4 heteroatoms. The number of nitrogens with two attached hydrogens (primary N) is 1. The lowest BCUT2D eigenvalue weighted by molar-refractivity contribution is 0.415. The molecule has 1 heterocycles. The van der Waals surface area contributed by atoms with E-state index in [1.807, 2.05) is 24.3 Å². The molecule has 0 saturated carbocycles. The number of nitrogen functional groups attached to an aromatic ring is 1. The van der Waals surface area contributed by atoms with Crippen LogP contribution in [0.15, 0.2) is 24.3 Å². The van der Waals surface area contributed by atoms with Crippen molar-refractivity contribution in [2.24, 2.45) is 0 Å². The van der Waals surface area contributed by atoms with Crippen LogP contribution in [0.3, 0.4) is 0 Å². The molecule has 1 aromatic heterocycles. The summed E-state index contributed by atoms with van der Waals surface area (Å²) >= 11 is 1.56. The standard InChI is InChI=1S/C14H18N2OS/c1-14(2,3)13-16-11(12(15)18-13)9-6-5-7-10(8-9)17-4/h5-8H,15H2,1-4H3. The number of hydrogen-bond donors (Lipinski definition) is 1. The third-order valence-electron chi connectivity index (χ3n) is 2.64. The number of ether oxygens (including phenoxy) is 1. The summed E-state index contributed by atoms with van der Waals surface area (Å²) in [7, 11) is 1.66. The fourth-order valence-electron chi connectivity index (χ4n) is 1.63. The Morgan fingerprint density at radius 1 is 1.28 bits per heavy atom. The van der Waals surface area contributed by atoms with Gasteiger partial charge in [-0.2, -0.15) is 0 Å². The zero-order chi connectivity index (χ0) is 13.3. The Bertz CT molecular complexity index is 555. The van der Waals surface area contributed by atoms with Crippen molar-refractivity contribution >= 4 is 16.3 Å². The lowest BCUT2D eigenvalue weighted by Gasteiger charge is -2.13. The Morgan fingerprint density at radius 2 is 2.00 bits per heavy atom. The fourth-order valence-corrected chi connectivity index (χ4v) is 2.54. The van der Waals surface area contributed by atoms with Crippen LogP contribution in [0.4, 0.5) is 5.00 Å². The minimum atomic E-state index is 0.0237. The summed E-state index contributed by atoms with van der Waals surface area (Å²) in [5, 5.41) is 1.81. The molecule has 96 valence electrons. The van der Waals surface area contributed by atoms with Crippen molar-refractivity contribution in [3.05, 3.63) is 29.3 Å². The second-order valence-corrected chi connectivity index (χ2v) is 6.24. The van der Waals surface area contributed by atoms with Gasteiger partial charge in [0.05, 0.1) is 7.11 Å². The number of aromatic nitrogens is 1. The zero-order valence-electron chi connectivity index (χ0n) is 11.2. The second kappa shape index (κ2) is 4.61. The van der Waals surface area contributed by atoms with Gasteiger partial charge in [0, 0.05) is 11.0 Å². The number of rotatable bonds is 2. The van der Waals surface area contributed by atoms with Crippen molar-refractivity contribution in [1.29, 1.82) is 0 Å². The lowest BCUT2D eigenvalue weighted by Crippen LogP contribution is -2.10. The minimum Gasteiger partial charge on any atom is -0.497 e. The first-order valence-electron chi connectivity index (χ1n) is 5.83. The van der Waals surface area contributed by atoms with E-state index in [2.05, 4.69) is 25.8 Å². The number of hydrogen-bond acceptors (Lipinski definition) is 4. The molecule has 0 bridgehead atoms. The van der Waals surface area contributed by atoms with Gasteiger partial charge in [-0.15, -0.1) is 11.3 Å². The van der Waals surface area contributed by atoms with E-state index in [4.69, 9.17) is 10.5 Å². The van der Waals surface area contributed by atoms with Gasteiger partial charge in [-0.3, -0.25) is 0 Å². The van der Waals surface area contributed by atoms with Crippen LogP contribution in [0.2, 0.25) is 0 Å². The Kier molecular flexibility index (Phi) is 3.30. The summed E-state index contributed by atoms with van der Waals surface area (Å²) in [5.74, 6) is 0.817. The Hall–Kier alpha value is -1.55. The normalized spacial score (nSPS) is 11.6. The molecule has 0 saturated heterocycles. The molecule has 0 radical (unpaired) electrons. The SMILES string of the molecule is COc1cccc(-c2nc(C(C)(C)C)sc2N)c1. The summed E-state index contributed by atoms with van der Waals surface area (Å²) in [5.41, 5.74) is 7.95. The molecule has 0 fully saturated rings. The zero-order valence-corrected chi connectivity index (χ0v) is 12.0. The van der Waals surface area contributed by atoms with Crippen LogP contribution in [0.5, 0.6) is 5.75 Å². The first kappa shape index (κ1) is 12.9. The molecule has 3 nitrogen and oxygen atoms in total. The molecule has 0 atom stereocenters. The number of methoxy groups -OCH3 is 1. The van der Waals surface area contributed by atoms with Crippen LogP contribution in [-0.2, 0) is 5.41 Å². The minimum absolute atomic E-state index is 0.0237. The summed E-state index contributed by atoms with van der Waals surface area (Å²) in [6.07, 6.45) is 0. The highest BCUT2D eigenvalue weighted by Crippen LogP contribution is 2.36. The van der Waals surface area contributed by atoms with Crippen molar-refractivity contribution in [3.63, 3.8) is 0 Å². The largest absolute Gasteiger partial charge is 0.497 e. The molecule has 0 aliphatic heterocycles. The first-order valence-corrected chi connectivity index (χ1v) is 6.64. The predicted octanol–water partition coefficient (Wildman–Crippen LogP) is 3.70.